The maximum absolute atomic E-state index is 5.81. The second-order valence-corrected chi connectivity index (χ2v) is 4.83. The number of hydrogen-bond acceptors (Lipinski definition) is 3. The van der Waals surface area contributed by atoms with Gasteiger partial charge < -0.3 is 10.5 Å². The molecular formula is C11H18ClNOS. The molecule has 4 heteroatoms. The molecule has 1 rings (SSSR count). The van der Waals surface area contributed by atoms with Gasteiger partial charge in [0, 0.05) is 10.4 Å². The Morgan fingerprint density at radius 1 is 1.27 bits per heavy atom. The Labute approximate surface area is 102 Å². The Morgan fingerprint density at radius 2 is 1.80 bits per heavy atom. The van der Waals surface area contributed by atoms with Gasteiger partial charge in [0.15, 0.2) is 0 Å². The Morgan fingerprint density at radius 3 is 2.20 bits per heavy atom. The minimum atomic E-state index is -0.280. The highest BCUT2D eigenvalue weighted by Crippen LogP contribution is 2.19. The Bertz CT molecular complexity index is 282. The van der Waals surface area contributed by atoms with Crippen LogP contribution in [-0.2, 0) is 0 Å². The van der Waals surface area contributed by atoms with Crippen molar-refractivity contribution in [2.45, 2.75) is 24.3 Å². The monoisotopic (exact) mass is 247 g/mol. The van der Waals surface area contributed by atoms with Crippen LogP contribution in [-0.4, -0.2) is 18.4 Å². The molecule has 0 aliphatic carbocycles. The van der Waals surface area contributed by atoms with Gasteiger partial charge in [-0.3, -0.25) is 0 Å². The molecule has 0 spiro atoms. The third-order valence-corrected chi connectivity index (χ3v) is 2.41. The minimum absolute atomic E-state index is 0. The van der Waals surface area contributed by atoms with Gasteiger partial charge in [-0.25, -0.2) is 0 Å². The third kappa shape index (κ3) is 5.92. The fourth-order valence-corrected chi connectivity index (χ4v) is 1.35. The van der Waals surface area contributed by atoms with Crippen molar-refractivity contribution in [3.8, 4) is 5.75 Å². The van der Waals surface area contributed by atoms with Crippen LogP contribution in [0.4, 0.5) is 0 Å². The zero-order valence-corrected chi connectivity index (χ0v) is 11.0. The van der Waals surface area contributed by atoms with E-state index in [1.165, 1.54) is 4.90 Å². The molecule has 0 fully saturated rings. The van der Waals surface area contributed by atoms with E-state index in [9.17, 15) is 0 Å². The average Bonchev–Trinajstić information content (AvgIpc) is 2.14. The molecule has 0 bridgehead atoms. The second kappa shape index (κ2) is 6.26. The molecule has 0 atom stereocenters. The zero-order chi connectivity index (χ0) is 10.6. The van der Waals surface area contributed by atoms with E-state index in [0.717, 1.165) is 5.75 Å². The molecule has 0 saturated heterocycles. The molecule has 0 unspecified atom stereocenters. The normalized spacial score (nSPS) is 10.7. The van der Waals surface area contributed by atoms with E-state index in [2.05, 4.69) is 6.26 Å². The summed E-state index contributed by atoms with van der Waals surface area (Å²) in [7, 11) is 0. The third-order valence-electron chi connectivity index (χ3n) is 1.67. The van der Waals surface area contributed by atoms with Gasteiger partial charge in [-0.05, 0) is 44.4 Å². The summed E-state index contributed by atoms with van der Waals surface area (Å²) in [6, 6.07) is 8.03. The van der Waals surface area contributed by atoms with Crippen LogP contribution in [0, 0.1) is 0 Å². The average molecular weight is 248 g/mol. The fraction of sp³-hybridized carbons (Fsp3) is 0.455. The van der Waals surface area contributed by atoms with E-state index >= 15 is 0 Å². The Hall–Kier alpha value is -0.380. The van der Waals surface area contributed by atoms with Crippen LogP contribution < -0.4 is 10.5 Å². The molecule has 0 aromatic heterocycles. The van der Waals surface area contributed by atoms with Crippen molar-refractivity contribution in [1.29, 1.82) is 0 Å². The molecule has 0 aliphatic rings. The zero-order valence-electron chi connectivity index (χ0n) is 9.32. The number of nitrogens with two attached hydrogens (primary N) is 1. The molecule has 86 valence electrons. The number of halogens is 1. The number of hydrogen-bond donors (Lipinski definition) is 1. The molecule has 0 radical (unpaired) electrons. The van der Waals surface area contributed by atoms with Gasteiger partial charge >= 0.3 is 0 Å². The van der Waals surface area contributed by atoms with E-state index in [4.69, 9.17) is 10.5 Å². The summed E-state index contributed by atoms with van der Waals surface area (Å²) in [6.07, 6.45) is 2.05. The van der Waals surface area contributed by atoms with Gasteiger partial charge in [0.05, 0.1) is 0 Å². The molecule has 1 aromatic rings. The lowest BCUT2D eigenvalue weighted by Crippen LogP contribution is -2.38. The van der Waals surface area contributed by atoms with Gasteiger partial charge in [0.1, 0.15) is 12.4 Å². The van der Waals surface area contributed by atoms with Crippen LogP contribution in [0.1, 0.15) is 13.8 Å². The predicted molar refractivity (Wildman–Crippen MR) is 69.2 cm³/mol. The quantitative estimate of drug-likeness (QED) is 0.831. The number of ether oxygens (including phenoxy) is 1. The first-order chi connectivity index (χ1) is 6.51. The Kier molecular flexibility index (Phi) is 6.10. The lowest BCUT2D eigenvalue weighted by atomic mass is 10.1. The van der Waals surface area contributed by atoms with E-state index < -0.39 is 0 Å². The highest BCUT2D eigenvalue weighted by Gasteiger charge is 2.10. The van der Waals surface area contributed by atoms with Crippen molar-refractivity contribution in [3.63, 3.8) is 0 Å². The summed E-state index contributed by atoms with van der Waals surface area (Å²) >= 11 is 1.72. The molecule has 1 aromatic carbocycles. The van der Waals surface area contributed by atoms with E-state index in [-0.39, 0.29) is 17.9 Å². The summed E-state index contributed by atoms with van der Waals surface area (Å²) in [5.41, 5.74) is 5.53. The SMILES string of the molecule is CSc1ccc(OCC(C)(C)N)cc1.Cl. The van der Waals surface area contributed by atoms with Crippen molar-refractivity contribution >= 4 is 24.2 Å². The standard InChI is InChI=1S/C11H17NOS.ClH/c1-11(2,12)8-13-9-4-6-10(14-3)7-5-9;/h4-7H,8,12H2,1-3H3;1H. The van der Waals surface area contributed by atoms with E-state index in [0.29, 0.717) is 6.61 Å². The topological polar surface area (TPSA) is 35.2 Å². The summed E-state index contributed by atoms with van der Waals surface area (Å²) in [5, 5.41) is 0. The van der Waals surface area contributed by atoms with Crippen molar-refractivity contribution in [2.75, 3.05) is 12.9 Å². The lowest BCUT2D eigenvalue weighted by Gasteiger charge is -2.18. The maximum Gasteiger partial charge on any atom is 0.119 e. The van der Waals surface area contributed by atoms with Crippen molar-refractivity contribution in [2.24, 2.45) is 5.73 Å². The van der Waals surface area contributed by atoms with Gasteiger partial charge in [0.25, 0.3) is 0 Å². The first-order valence-corrected chi connectivity index (χ1v) is 5.79. The number of rotatable bonds is 4. The Balaban J connectivity index is 0.00000196. The van der Waals surface area contributed by atoms with E-state index in [1.54, 1.807) is 11.8 Å². The minimum Gasteiger partial charge on any atom is -0.492 e. The van der Waals surface area contributed by atoms with Crippen LogP contribution in [0.3, 0.4) is 0 Å². The maximum atomic E-state index is 5.81. The van der Waals surface area contributed by atoms with Crippen molar-refractivity contribution < 1.29 is 4.74 Å². The lowest BCUT2D eigenvalue weighted by molar-refractivity contribution is 0.243. The van der Waals surface area contributed by atoms with Crippen LogP contribution in [0.15, 0.2) is 29.2 Å². The fourth-order valence-electron chi connectivity index (χ4n) is 0.941. The molecule has 0 aliphatic heterocycles. The number of thioether (sulfide) groups is 1. The molecular weight excluding hydrogens is 230 g/mol. The largest absolute Gasteiger partial charge is 0.492 e. The predicted octanol–water partition coefficient (Wildman–Crippen LogP) is 2.95. The smallest absolute Gasteiger partial charge is 0.119 e. The van der Waals surface area contributed by atoms with Crippen LogP contribution >= 0.6 is 24.2 Å². The molecule has 0 saturated carbocycles. The van der Waals surface area contributed by atoms with Gasteiger partial charge in [-0.15, -0.1) is 24.2 Å². The van der Waals surface area contributed by atoms with Gasteiger partial charge in [-0.1, -0.05) is 0 Å². The van der Waals surface area contributed by atoms with Crippen LogP contribution in [0.5, 0.6) is 5.75 Å². The van der Waals surface area contributed by atoms with Crippen LogP contribution in [0.25, 0.3) is 0 Å². The molecule has 2 nitrogen and oxygen atoms in total. The molecule has 0 amide bonds. The van der Waals surface area contributed by atoms with E-state index in [1.807, 2.05) is 38.1 Å². The first kappa shape index (κ1) is 14.6. The van der Waals surface area contributed by atoms with Gasteiger partial charge in [-0.2, -0.15) is 0 Å². The van der Waals surface area contributed by atoms with Crippen molar-refractivity contribution in [1.82, 2.24) is 0 Å². The van der Waals surface area contributed by atoms with Crippen molar-refractivity contribution in [3.05, 3.63) is 24.3 Å². The molecule has 0 heterocycles. The highest BCUT2D eigenvalue weighted by atomic mass is 35.5. The molecule has 15 heavy (non-hydrogen) atoms. The van der Waals surface area contributed by atoms with Gasteiger partial charge in [0.2, 0.25) is 0 Å². The highest BCUT2D eigenvalue weighted by molar-refractivity contribution is 7.98. The first-order valence-electron chi connectivity index (χ1n) is 4.57. The summed E-state index contributed by atoms with van der Waals surface area (Å²) in [4.78, 5) is 1.24. The molecule has 2 N–H and O–H groups in total. The summed E-state index contributed by atoms with van der Waals surface area (Å²) < 4.78 is 5.54. The summed E-state index contributed by atoms with van der Waals surface area (Å²) in [6.45, 7) is 4.43. The second-order valence-electron chi connectivity index (χ2n) is 3.95. The summed E-state index contributed by atoms with van der Waals surface area (Å²) in [5.74, 6) is 0.876. The van der Waals surface area contributed by atoms with Crippen LogP contribution in [0.2, 0.25) is 0 Å². The number of benzene rings is 1.